The van der Waals surface area contributed by atoms with Gasteiger partial charge in [-0.05, 0) is 22.4 Å². The fraction of sp³-hybridized carbons (Fsp3) is 0.0500. The second-order valence-electron chi connectivity index (χ2n) is 5.27. The van der Waals surface area contributed by atoms with Gasteiger partial charge in [0.1, 0.15) is 0 Å². The van der Waals surface area contributed by atoms with E-state index in [2.05, 4.69) is 13.2 Å². The Hall–Kier alpha value is -2.87. The van der Waals surface area contributed by atoms with E-state index >= 15 is 0 Å². The first-order valence-corrected chi connectivity index (χ1v) is 7.18. The molecule has 2 nitrogen and oxygen atoms in total. The van der Waals surface area contributed by atoms with E-state index in [0.717, 1.165) is 16.3 Å². The Morgan fingerprint density at radius 2 is 1.45 bits per heavy atom. The van der Waals surface area contributed by atoms with Gasteiger partial charge >= 0.3 is 0 Å². The lowest BCUT2D eigenvalue weighted by Crippen LogP contribution is -2.42. The molecule has 2 heteroatoms. The molecule has 0 aliphatic heterocycles. The van der Waals surface area contributed by atoms with E-state index in [1.54, 1.807) is 4.57 Å². The summed E-state index contributed by atoms with van der Waals surface area (Å²) in [5.74, 6) is 0. The van der Waals surface area contributed by atoms with Crippen LogP contribution in [0.5, 0.6) is 0 Å². The third kappa shape index (κ3) is 2.63. The highest BCUT2D eigenvalue weighted by Gasteiger charge is 2.08. The summed E-state index contributed by atoms with van der Waals surface area (Å²) in [6.07, 6.45) is 0. The Kier molecular flexibility index (Phi) is 3.75. The van der Waals surface area contributed by atoms with Crippen molar-refractivity contribution >= 4 is 13.2 Å². The van der Waals surface area contributed by atoms with Crippen LogP contribution in [0.4, 0.5) is 0 Å². The van der Waals surface area contributed by atoms with Crippen LogP contribution in [-0.2, 0) is 6.54 Å². The molecule has 0 saturated carbocycles. The van der Waals surface area contributed by atoms with Gasteiger partial charge < -0.3 is 4.57 Å². The topological polar surface area (TPSA) is 22.0 Å². The molecule has 0 radical (unpaired) electrons. The van der Waals surface area contributed by atoms with Gasteiger partial charge in [0, 0.05) is 10.9 Å². The quantitative estimate of drug-likeness (QED) is 0.725. The molecule has 2 aromatic carbocycles. The molecule has 0 saturated heterocycles. The highest BCUT2D eigenvalue weighted by Crippen LogP contribution is 2.12. The standard InChI is InChI=1S/C20H17NO/c1-15-13-19(18-11-7-4-8-12-18)20(22)21(16(15)2)14-17-9-5-3-6-10-17/h3-13H,1-2,14H2. The minimum absolute atomic E-state index is 0.0348. The molecule has 0 spiro atoms. The van der Waals surface area contributed by atoms with Crippen LogP contribution in [0.3, 0.4) is 0 Å². The Bertz CT molecular complexity index is 941. The van der Waals surface area contributed by atoms with Gasteiger partial charge in [0.05, 0.1) is 6.54 Å². The summed E-state index contributed by atoms with van der Waals surface area (Å²) in [5, 5.41) is 1.43. The molecule has 0 bridgehead atoms. The van der Waals surface area contributed by atoms with E-state index in [9.17, 15) is 4.79 Å². The van der Waals surface area contributed by atoms with E-state index in [0.29, 0.717) is 17.5 Å². The molecule has 0 N–H and O–H groups in total. The highest BCUT2D eigenvalue weighted by molar-refractivity contribution is 5.62. The first-order valence-electron chi connectivity index (χ1n) is 7.18. The van der Waals surface area contributed by atoms with Crippen LogP contribution in [0.15, 0.2) is 71.5 Å². The summed E-state index contributed by atoms with van der Waals surface area (Å²) >= 11 is 0. The summed E-state index contributed by atoms with van der Waals surface area (Å²) in [5.41, 5.74) is 2.60. The molecule has 3 rings (SSSR count). The summed E-state index contributed by atoms with van der Waals surface area (Å²) < 4.78 is 1.69. The Morgan fingerprint density at radius 1 is 0.864 bits per heavy atom. The van der Waals surface area contributed by atoms with E-state index in [-0.39, 0.29) is 5.56 Å². The van der Waals surface area contributed by atoms with Gasteiger partial charge in [-0.2, -0.15) is 0 Å². The monoisotopic (exact) mass is 287 g/mol. The van der Waals surface area contributed by atoms with Crippen molar-refractivity contribution in [3.63, 3.8) is 0 Å². The lowest BCUT2D eigenvalue weighted by atomic mass is 10.1. The van der Waals surface area contributed by atoms with Crippen molar-refractivity contribution in [3.8, 4) is 11.1 Å². The number of pyridine rings is 1. The normalized spacial score (nSPS) is 10.5. The van der Waals surface area contributed by atoms with E-state index in [1.165, 1.54) is 0 Å². The van der Waals surface area contributed by atoms with Crippen LogP contribution in [0, 0.1) is 0 Å². The molecular formula is C20H17NO. The fourth-order valence-electron chi connectivity index (χ4n) is 2.52. The summed E-state index contributed by atoms with van der Waals surface area (Å²) in [6, 6.07) is 21.4. The first-order chi connectivity index (χ1) is 10.7. The predicted molar refractivity (Wildman–Crippen MR) is 92.0 cm³/mol. The maximum atomic E-state index is 12.8. The van der Waals surface area contributed by atoms with Gasteiger partial charge in [-0.15, -0.1) is 0 Å². The minimum atomic E-state index is -0.0348. The van der Waals surface area contributed by atoms with Crippen molar-refractivity contribution in [2.45, 2.75) is 6.54 Å². The van der Waals surface area contributed by atoms with Gasteiger partial charge in [0.2, 0.25) is 0 Å². The minimum Gasteiger partial charge on any atom is -0.304 e. The van der Waals surface area contributed by atoms with Crippen molar-refractivity contribution in [1.82, 2.24) is 4.57 Å². The maximum absolute atomic E-state index is 12.8. The molecule has 0 fully saturated rings. The zero-order chi connectivity index (χ0) is 15.5. The average molecular weight is 287 g/mol. The third-order valence-corrected chi connectivity index (χ3v) is 3.76. The van der Waals surface area contributed by atoms with E-state index in [4.69, 9.17) is 0 Å². The maximum Gasteiger partial charge on any atom is 0.259 e. The SMILES string of the molecule is C=c1cc(-c2ccccc2)c(=O)n(Cc2ccccc2)c1=C. The van der Waals surface area contributed by atoms with Gasteiger partial charge in [-0.1, -0.05) is 73.8 Å². The summed E-state index contributed by atoms with van der Waals surface area (Å²) in [4.78, 5) is 12.8. The molecule has 1 heterocycles. The van der Waals surface area contributed by atoms with Crippen molar-refractivity contribution in [2.24, 2.45) is 0 Å². The molecule has 0 atom stereocenters. The first kappa shape index (κ1) is 14.1. The largest absolute Gasteiger partial charge is 0.304 e. The van der Waals surface area contributed by atoms with Crippen LogP contribution < -0.4 is 16.1 Å². The van der Waals surface area contributed by atoms with E-state index in [1.807, 2.05) is 66.7 Å². The predicted octanol–water partition coefficient (Wildman–Crippen LogP) is 2.38. The number of benzene rings is 2. The van der Waals surface area contributed by atoms with Crippen molar-refractivity contribution in [2.75, 3.05) is 0 Å². The third-order valence-electron chi connectivity index (χ3n) is 3.76. The van der Waals surface area contributed by atoms with Crippen LogP contribution in [0.25, 0.3) is 24.3 Å². The molecule has 108 valence electrons. The number of nitrogens with zero attached hydrogens (tertiary/aromatic N) is 1. The molecular weight excluding hydrogens is 270 g/mol. The average Bonchev–Trinajstić information content (AvgIpc) is 2.57. The molecule has 0 aliphatic carbocycles. The molecule has 22 heavy (non-hydrogen) atoms. The van der Waals surface area contributed by atoms with Crippen molar-refractivity contribution < 1.29 is 0 Å². The van der Waals surface area contributed by atoms with Crippen molar-refractivity contribution in [3.05, 3.63) is 93.2 Å². The van der Waals surface area contributed by atoms with Gasteiger partial charge in [-0.25, -0.2) is 0 Å². The smallest absolute Gasteiger partial charge is 0.259 e. The molecule has 0 amide bonds. The number of rotatable bonds is 3. The Labute approximate surface area is 129 Å². The second-order valence-corrected chi connectivity index (χ2v) is 5.27. The fourth-order valence-corrected chi connectivity index (χ4v) is 2.52. The second kappa shape index (κ2) is 5.86. The van der Waals surface area contributed by atoms with Gasteiger partial charge in [0.25, 0.3) is 5.56 Å². The number of hydrogen-bond acceptors (Lipinski definition) is 1. The Balaban J connectivity index is 2.19. The lowest BCUT2D eigenvalue weighted by molar-refractivity contribution is 0.732. The van der Waals surface area contributed by atoms with Crippen LogP contribution in [0.2, 0.25) is 0 Å². The molecule has 0 unspecified atom stereocenters. The zero-order valence-electron chi connectivity index (χ0n) is 12.3. The summed E-state index contributed by atoms with van der Waals surface area (Å²) in [6.45, 7) is 8.54. The highest BCUT2D eigenvalue weighted by atomic mass is 16.1. The molecule has 3 aromatic rings. The number of hydrogen-bond donors (Lipinski definition) is 0. The van der Waals surface area contributed by atoms with Gasteiger partial charge in [0.15, 0.2) is 0 Å². The van der Waals surface area contributed by atoms with Crippen molar-refractivity contribution in [1.29, 1.82) is 0 Å². The zero-order valence-corrected chi connectivity index (χ0v) is 12.3. The summed E-state index contributed by atoms with van der Waals surface area (Å²) in [7, 11) is 0. The Morgan fingerprint density at radius 3 is 2.09 bits per heavy atom. The van der Waals surface area contributed by atoms with E-state index < -0.39 is 0 Å². The lowest BCUT2D eigenvalue weighted by Gasteiger charge is -2.10. The molecule has 0 aliphatic rings. The van der Waals surface area contributed by atoms with Crippen LogP contribution in [0.1, 0.15) is 5.56 Å². The molecule has 1 aromatic heterocycles. The van der Waals surface area contributed by atoms with Crippen LogP contribution >= 0.6 is 0 Å². The van der Waals surface area contributed by atoms with Gasteiger partial charge in [-0.3, -0.25) is 4.79 Å². The van der Waals surface area contributed by atoms with Crippen LogP contribution in [-0.4, -0.2) is 4.57 Å². The number of aromatic nitrogens is 1.